The topological polar surface area (TPSA) is 84.3 Å². The lowest BCUT2D eigenvalue weighted by Crippen LogP contribution is -2.41. The predicted octanol–water partition coefficient (Wildman–Crippen LogP) is 3.38. The van der Waals surface area contributed by atoms with Crippen LogP contribution in [0.5, 0.6) is 0 Å². The molecule has 1 fully saturated rings. The molecular formula is C21H30N4O3S. The zero-order chi connectivity index (χ0) is 21.0. The first-order valence-corrected chi connectivity index (χ1v) is 11.8. The van der Waals surface area contributed by atoms with Crippen molar-refractivity contribution in [2.45, 2.75) is 57.1 Å². The molecule has 0 atom stereocenters. The summed E-state index contributed by atoms with van der Waals surface area (Å²) >= 11 is 0. The minimum atomic E-state index is -3.58. The van der Waals surface area contributed by atoms with Crippen LogP contribution in [0.3, 0.4) is 0 Å². The largest absolute Gasteiger partial charge is 0.338 e. The van der Waals surface area contributed by atoms with Crippen molar-refractivity contribution in [3.8, 4) is 0 Å². The lowest BCUT2D eigenvalue weighted by Gasteiger charge is -2.25. The van der Waals surface area contributed by atoms with Gasteiger partial charge in [0.25, 0.3) is 0 Å². The van der Waals surface area contributed by atoms with Gasteiger partial charge in [-0.15, -0.1) is 0 Å². The highest BCUT2D eigenvalue weighted by molar-refractivity contribution is 7.90. The summed E-state index contributed by atoms with van der Waals surface area (Å²) < 4.78 is 28.0. The molecule has 1 heterocycles. The lowest BCUT2D eigenvalue weighted by atomic mass is 10.2. The standard InChI is InChI=1S/C21H30N4O3S/c1-4-22-20(26)24(13-16(2)3)14-19-12-23-21(25(19)18-10-11-18)29(27,28)15-17-8-6-5-7-9-17/h5-9,12,16,18H,4,10-11,13-15H2,1-3H3,(H,22,26). The average Bonchev–Trinajstić information content (AvgIpc) is 3.41. The Hall–Kier alpha value is -2.35. The molecule has 2 aromatic rings. The first kappa shape index (κ1) is 21.4. The normalized spacial score (nSPS) is 14.2. The molecule has 0 radical (unpaired) electrons. The van der Waals surface area contributed by atoms with Crippen molar-refractivity contribution in [1.29, 1.82) is 0 Å². The molecule has 1 aliphatic rings. The third-order valence-corrected chi connectivity index (χ3v) is 6.35. The molecule has 1 aliphatic carbocycles. The van der Waals surface area contributed by atoms with Crippen LogP contribution >= 0.6 is 0 Å². The molecule has 0 unspecified atom stereocenters. The van der Waals surface area contributed by atoms with Gasteiger partial charge in [0, 0.05) is 19.1 Å². The van der Waals surface area contributed by atoms with E-state index >= 15 is 0 Å². The number of rotatable bonds is 9. The highest BCUT2D eigenvalue weighted by atomic mass is 32.2. The molecule has 158 valence electrons. The summed E-state index contributed by atoms with van der Waals surface area (Å²) in [6.07, 6.45) is 3.48. The van der Waals surface area contributed by atoms with Crippen molar-refractivity contribution in [1.82, 2.24) is 19.8 Å². The molecule has 2 amide bonds. The molecule has 1 N–H and O–H groups in total. The monoisotopic (exact) mass is 418 g/mol. The second-order valence-electron chi connectivity index (χ2n) is 7.99. The number of nitrogens with zero attached hydrogens (tertiary/aromatic N) is 3. The van der Waals surface area contributed by atoms with Gasteiger partial charge in [0.1, 0.15) is 0 Å². The smallest absolute Gasteiger partial charge is 0.317 e. The van der Waals surface area contributed by atoms with E-state index < -0.39 is 9.84 Å². The van der Waals surface area contributed by atoms with Crippen molar-refractivity contribution in [2.24, 2.45) is 5.92 Å². The molecular weight excluding hydrogens is 388 g/mol. The van der Waals surface area contributed by atoms with E-state index in [0.29, 0.717) is 25.6 Å². The lowest BCUT2D eigenvalue weighted by molar-refractivity contribution is 0.186. The fourth-order valence-corrected chi connectivity index (χ4v) is 4.96. The Morgan fingerprint density at radius 2 is 1.97 bits per heavy atom. The third kappa shape index (κ3) is 5.38. The molecule has 0 bridgehead atoms. The van der Waals surface area contributed by atoms with Crippen LogP contribution in [0.25, 0.3) is 0 Å². The van der Waals surface area contributed by atoms with E-state index in [-0.39, 0.29) is 23.0 Å². The van der Waals surface area contributed by atoms with E-state index in [0.717, 1.165) is 24.1 Å². The van der Waals surface area contributed by atoms with Crippen LogP contribution in [0.2, 0.25) is 0 Å². The van der Waals surface area contributed by atoms with Gasteiger partial charge in [0.2, 0.25) is 15.0 Å². The number of nitrogens with one attached hydrogen (secondary N) is 1. The summed E-state index contributed by atoms with van der Waals surface area (Å²) in [5.41, 5.74) is 1.51. The number of urea groups is 1. The van der Waals surface area contributed by atoms with Crippen molar-refractivity contribution in [2.75, 3.05) is 13.1 Å². The summed E-state index contributed by atoms with van der Waals surface area (Å²) in [6, 6.07) is 9.15. The van der Waals surface area contributed by atoms with Gasteiger partial charge in [-0.25, -0.2) is 18.2 Å². The van der Waals surface area contributed by atoms with Gasteiger partial charge in [0.05, 0.1) is 24.2 Å². The van der Waals surface area contributed by atoms with Crippen molar-refractivity contribution in [3.05, 3.63) is 47.8 Å². The number of imidazole rings is 1. The minimum absolute atomic E-state index is 0.0803. The molecule has 8 heteroatoms. The Balaban J connectivity index is 1.89. The van der Waals surface area contributed by atoms with E-state index in [4.69, 9.17) is 0 Å². The average molecular weight is 419 g/mol. The maximum atomic E-state index is 13.1. The van der Waals surface area contributed by atoms with Crippen LogP contribution in [-0.2, 0) is 22.1 Å². The Kier molecular flexibility index (Phi) is 6.62. The van der Waals surface area contributed by atoms with Crippen LogP contribution in [0.4, 0.5) is 4.79 Å². The molecule has 0 spiro atoms. The second kappa shape index (κ2) is 8.98. The Morgan fingerprint density at radius 1 is 1.28 bits per heavy atom. The van der Waals surface area contributed by atoms with Crippen molar-refractivity contribution < 1.29 is 13.2 Å². The van der Waals surface area contributed by atoms with Gasteiger partial charge in [-0.1, -0.05) is 44.2 Å². The van der Waals surface area contributed by atoms with Crippen molar-refractivity contribution >= 4 is 15.9 Å². The number of carbonyl (C=O) groups is 1. The van der Waals surface area contributed by atoms with E-state index in [9.17, 15) is 13.2 Å². The molecule has 7 nitrogen and oxygen atoms in total. The molecule has 0 saturated heterocycles. The summed E-state index contributed by atoms with van der Waals surface area (Å²) in [5, 5.41) is 2.95. The number of hydrogen-bond donors (Lipinski definition) is 1. The molecule has 29 heavy (non-hydrogen) atoms. The summed E-state index contributed by atoms with van der Waals surface area (Å²) in [4.78, 5) is 18.5. The van der Waals surface area contributed by atoms with Crippen LogP contribution in [0.15, 0.2) is 41.7 Å². The number of amides is 2. The zero-order valence-electron chi connectivity index (χ0n) is 17.3. The first-order chi connectivity index (χ1) is 13.8. The fraction of sp³-hybridized carbons (Fsp3) is 0.524. The molecule has 1 saturated carbocycles. The summed E-state index contributed by atoms with van der Waals surface area (Å²) in [5.74, 6) is 0.222. The van der Waals surface area contributed by atoms with Crippen LogP contribution in [0, 0.1) is 5.92 Å². The number of aromatic nitrogens is 2. The van der Waals surface area contributed by atoms with Crippen LogP contribution < -0.4 is 5.32 Å². The van der Waals surface area contributed by atoms with E-state index in [1.54, 1.807) is 11.1 Å². The summed E-state index contributed by atoms with van der Waals surface area (Å²) in [6.45, 7) is 7.47. The molecule has 0 aliphatic heterocycles. The number of hydrogen-bond acceptors (Lipinski definition) is 4. The second-order valence-corrected chi connectivity index (χ2v) is 9.87. The maximum Gasteiger partial charge on any atom is 0.317 e. The quantitative estimate of drug-likeness (QED) is 0.677. The summed E-state index contributed by atoms with van der Waals surface area (Å²) in [7, 11) is -3.58. The fourth-order valence-electron chi connectivity index (χ4n) is 3.42. The zero-order valence-corrected chi connectivity index (χ0v) is 18.2. The van der Waals surface area contributed by atoms with Gasteiger partial charge in [-0.3, -0.25) is 0 Å². The third-order valence-electron chi connectivity index (χ3n) is 4.78. The van der Waals surface area contributed by atoms with Gasteiger partial charge < -0.3 is 14.8 Å². The van der Waals surface area contributed by atoms with Gasteiger partial charge in [0.15, 0.2) is 0 Å². The van der Waals surface area contributed by atoms with Crippen LogP contribution in [0.1, 0.15) is 50.9 Å². The molecule has 1 aromatic heterocycles. The van der Waals surface area contributed by atoms with Gasteiger partial charge >= 0.3 is 6.03 Å². The molecule has 3 rings (SSSR count). The van der Waals surface area contributed by atoms with E-state index in [1.807, 2.05) is 41.8 Å². The minimum Gasteiger partial charge on any atom is -0.338 e. The van der Waals surface area contributed by atoms with Crippen molar-refractivity contribution in [3.63, 3.8) is 0 Å². The van der Waals surface area contributed by atoms with E-state index in [2.05, 4.69) is 24.1 Å². The number of sulfone groups is 1. The van der Waals surface area contributed by atoms with Gasteiger partial charge in [-0.2, -0.15) is 0 Å². The Labute approximate surface area is 173 Å². The van der Waals surface area contributed by atoms with Crippen LogP contribution in [-0.4, -0.2) is 42.0 Å². The molecule has 1 aromatic carbocycles. The Bertz CT molecular complexity index is 934. The number of benzene rings is 1. The SMILES string of the molecule is CCNC(=O)N(Cc1cnc(S(=O)(=O)Cc2ccccc2)n1C1CC1)CC(C)C. The maximum absolute atomic E-state index is 13.1. The predicted molar refractivity (Wildman–Crippen MR) is 112 cm³/mol. The van der Waals surface area contributed by atoms with E-state index in [1.165, 1.54) is 0 Å². The highest BCUT2D eigenvalue weighted by Gasteiger charge is 2.34. The highest BCUT2D eigenvalue weighted by Crippen LogP contribution is 2.39. The van der Waals surface area contributed by atoms with Gasteiger partial charge in [-0.05, 0) is 31.2 Å². The number of carbonyl (C=O) groups excluding carboxylic acids is 1. The first-order valence-electron chi connectivity index (χ1n) is 10.2. The Morgan fingerprint density at radius 3 is 2.55 bits per heavy atom.